The van der Waals surface area contributed by atoms with Crippen LogP contribution in [-0.4, -0.2) is 35.0 Å². The smallest absolute Gasteiger partial charge is 0.137 e. The molecule has 0 spiro atoms. The topological polar surface area (TPSA) is 31.9 Å². The number of rotatable bonds is 3. The molecule has 0 atom stereocenters. The van der Waals surface area contributed by atoms with Gasteiger partial charge in [0.25, 0.3) is 0 Å². The third kappa shape index (κ3) is 3.45. The Kier molecular flexibility index (Phi) is 4.64. The summed E-state index contributed by atoms with van der Waals surface area (Å²) >= 11 is 0. The Morgan fingerprint density at radius 3 is 2.59 bits per heavy atom. The van der Waals surface area contributed by atoms with Crippen LogP contribution in [0, 0.1) is 11.9 Å². The molecule has 1 radical (unpaired) electrons. The normalized spacial score (nSPS) is 15.8. The largest absolute Gasteiger partial charge is 0.346 e. The van der Waals surface area contributed by atoms with Crippen molar-refractivity contribution in [2.45, 2.75) is 18.8 Å². The van der Waals surface area contributed by atoms with E-state index in [1.165, 1.54) is 0 Å². The minimum Gasteiger partial charge on any atom is -0.346 e. The molecule has 4 aromatic rings. The molecule has 0 aliphatic carbocycles. The van der Waals surface area contributed by atoms with Crippen molar-refractivity contribution in [2.75, 3.05) is 20.1 Å². The molecule has 1 fully saturated rings. The van der Waals surface area contributed by atoms with Gasteiger partial charge in [0, 0.05) is 28.9 Å². The summed E-state index contributed by atoms with van der Waals surface area (Å²) in [6.07, 6.45) is 5.81. The second-order valence-electron chi connectivity index (χ2n) is 7.93. The lowest BCUT2D eigenvalue weighted by molar-refractivity contribution is 0.253. The quantitative estimate of drug-likeness (QED) is 0.495. The zero-order valence-corrected chi connectivity index (χ0v) is 16.5. The Bertz CT molecular complexity index is 1140. The van der Waals surface area contributed by atoms with E-state index in [4.69, 9.17) is 0 Å². The van der Waals surface area contributed by atoms with Gasteiger partial charge in [-0.2, -0.15) is 0 Å². The second kappa shape index (κ2) is 7.45. The van der Waals surface area contributed by atoms with Crippen LogP contribution in [0.2, 0.25) is 0 Å². The van der Waals surface area contributed by atoms with Crippen molar-refractivity contribution >= 4 is 11.0 Å². The summed E-state index contributed by atoms with van der Waals surface area (Å²) < 4.78 is 15.0. The molecule has 3 heterocycles. The van der Waals surface area contributed by atoms with Crippen LogP contribution in [-0.2, 0) is 0 Å². The van der Waals surface area contributed by atoms with Crippen LogP contribution in [0.1, 0.15) is 24.3 Å². The average Bonchev–Trinajstić information content (AvgIpc) is 3.18. The number of pyridine rings is 1. The third-order valence-corrected chi connectivity index (χ3v) is 6.05. The Labute approximate surface area is 170 Å². The number of nitrogens with one attached hydrogen (secondary N) is 1. The number of hydrogen-bond acceptors (Lipinski definition) is 2. The Hall–Kier alpha value is -2.98. The molecule has 0 bridgehead atoms. The number of fused-ring (bicyclic) bond motifs is 1. The number of benzene rings is 2. The van der Waals surface area contributed by atoms with Gasteiger partial charge in [-0.1, -0.05) is 36.4 Å². The number of nitrogens with zero attached hydrogens (tertiary/aromatic N) is 2. The highest BCUT2D eigenvalue weighted by atomic mass is 19.1. The minimum absolute atomic E-state index is 0.106. The fraction of sp³-hybridized carbons (Fsp3) is 0.240. The van der Waals surface area contributed by atoms with Crippen molar-refractivity contribution in [3.8, 4) is 22.3 Å². The molecule has 0 saturated carbocycles. The summed E-state index contributed by atoms with van der Waals surface area (Å²) in [7, 11) is 2.13. The summed E-state index contributed by atoms with van der Waals surface area (Å²) in [5, 5.41) is 1.04. The minimum atomic E-state index is -0.106. The molecule has 0 amide bonds. The van der Waals surface area contributed by atoms with E-state index in [0.717, 1.165) is 64.8 Å². The van der Waals surface area contributed by atoms with Crippen LogP contribution in [0.25, 0.3) is 33.3 Å². The summed E-state index contributed by atoms with van der Waals surface area (Å²) in [5.41, 5.74) is 5.67. The van der Waals surface area contributed by atoms with Gasteiger partial charge in [-0.05, 0) is 73.8 Å². The molecular formula is C25H23FN3. The highest BCUT2D eigenvalue weighted by Crippen LogP contribution is 2.34. The molecular weight excluding hydrogens is 361 g/mol. The van der Waals surface area contributed by atoms with Crippen molar-refractivity contribution < 1.29 is 4.39 Å². The van der Waals surface area contributed by atoms with Crippen molar-refractivity contribution in [3.63, 3.8) is 0 Å². The van der Waals surface area contributed by atoms with Gasteiger partial charge in [0.05, 0.1) is 0 Å². The lowest BCUT2D eigenvalue weighted by Gasteiger charge is -2.29. The van der Waals surface area contributed by atoms with E-state index in [0.29, 0.717) is 5.92 Å². The van der Waals surface area contributed by atoms with E-state index >= 15 is 0 Å². The Morgan fingerprint density at radius 2 is 1.83 bits per heavy atom. The average molecular weight is 384 g/mol. The molecule has 2 aromatic carbocycles. The molecule has 3 nitrogen and oxygen atoms in total. The van der Waals surface area contributed by atoms with Crippen LogP contribution in [0.4, 0.5) is 4.39 Å². The molecule has 1 aliphatic rings. The van der Waals surface area contributed by atoms with Crippen LogP contribution >= 0.6 is 0 Å². The molecule has 1 N–H and O–H groups in total. The first kappa shape index (κ1) is 18.1. The maximum Gasteiger partial charge on any atom is 0.137 e. The monoisotopic (exact) mass is 384 g/mol. The molecule has 4 heteroatoms. The van der Waals surface area contributed by atoms with E-state index in [1.54, 1.807) is 6.07 Å². The van der Waals surface area contributed by atoms with Gasteiger partial charge >= 0.3 is 0 Å². The van der Waals surface area contributed by atoms with E-state index < -0.39 is 0 Å². The number of aromatic nitrogens is 2. The molecule has 2 aromatic heterocycles. The third-order valence-electron chi connectivity index (χ3n) is 6.05. The molecule has 1 saturated heterocycles. The highest BCUT2D eigenvalue weighted by Gasteiger charge is 2.21. The molecule has 1 aliphatic heterocycles. The molecule has 5 rings (SSSR count). The number of aromatic amines is 1. The van der Waals surface area contributed by atoms with Gasteiger partial charge in [-0.15, -0.1) is 0 Å². The van der Waals surface area contributed by atoms with Crippen molar-refractivity contribution in [1.82, 2.24) is 14.9 Å². The first-order valence-electron chi connectivity index (χ1n) is 10.1. The lowest BCUT2D eigenvalue weighted by Crippen LogP contribution is -2.29. The Balaban J connectivity index is 1.50. The van der Waals surface area contributed by atoms with E-state index in [9.17, 15) is 4.39 Å². The fourth-order valence-electron chi connectivity index (χ4n) is 4.32. The van der Waals surface area contributed by atoms with Gasteiger partial charge in [-0.3, -0.25) is 0 Å². The maximum absolute atomic E-state index is 15.0. The van der Waals surface area contributed by atoms with Crippen LogP contribution in [0.5, 0.6) is 0 Å². The zero-order valence-electron chi connectivity index (χ0n) is 16.5. The van der Waals surface area contributed by atoms with Crippen LogP contribution in [0.15, 0.2) is 60.9 Å². The first-order chi connectivity index (χ1) is 14.2. The number of hydrogen-bond donors (Lipinski definition) is 1. The number of halogens is 1. The standard InChI is InChI=1S/C25H23FN3/c1-29-11-9-18(10-12-29)21-8-7-19(14-24(21)26)20-13-22-23(16-28-25(22)27-15-20)17-5-3-2-4-6-17/h3-8,13-16,18H,9-12H2,1H3,(H,27,28). The maximum atomic E-state index is 15.0. The van der Waals surface area contributed by atoms with Gasteiger partial charge in [0.15, 0.2) is 0 Å². The summed E-state index contributed by atoms with van der Waals surface area (Å²) in [4.78, 5) is 10.1. The Morgan fingerprint density at radius 1 is 1.03 bits per heavy atom. The van der Waals surface area contributed by atoms with Crippen molar-refractivity contribution in [1.29, 1.82) is 0 Å². The van der Waals surface area contributed by atoms with Gasteiger partial charge in [-0.25, -0.2) is 9.37 Å². The molecule has 29 heavy (non-hydrogen) atoms. The highest BCUT2D eigenvalue weighted by molar-refractivity contribution is 5.95. The van der Waals surface area contributed by atoms with Crippen LogP contribution < -0.4 is 0 Å². The molecule has 145 valence electrons. The van der Waals surface area contributed by atoms with E-state index in [2.05, 4.69) is 34.0 Å². The second-order valence-corrected chi connectivity index (χ2v) is 7.93. The number of likely N-dealkylation sites (tertiary alicyclic amines) is 1. The van der Waals surface area contributed by atoms with Crippen LogP contribution in [0.3, 0.4) is 0 Å². The SMILES string of the molecule is CN1CCC(c2ccc(-c3cnc4[nH]cc(-c5cc[c]cc5)c4c3)cc2F)CC1. The predicted molar refractivity (Wildman–Crippen MR) is 115 cm³/mol. The first-order valence-corrected chi connectivity index (χ1v) is 10.1. The number of piperidine rings is 1. The fourth-order valence-corrected chi connectivity index (χ4v) is 4.32. The zero-order chi connectivity index (χ0) is 19.8. The number of H-pyrrole nitrogens is 1. The van der Waals surface area contributed by atoms with E-state index in [-0.39, 0.29) is 5.82 Å². The van der Waals surface area contributed by atoms with E-state index in [1.807, 2.05) is 48.8 Å². The van der Waals surface area contributed by atoms with Gasteiger partial charge < -0.3 is 9.88 Å². The summed E-state index contributed by atoms with van der Waals surface area (Å²) in [6, 6.07) is 18.7. The summed E-state index contributed by atoms with van der Waals surface area (Å²) in [6.45, 7) is 2.06. The predicted octanol–water partition coefficient (Wildman–Crippen LogP) is 5.65. The molecule has 0 unspecified atom stereocenters. The van der Waals surface area contributed by atoms with Crippen molar-refractivity contribution in [2.24, 2.45) is 0 Å². The van der Waals surface area contributed by atoms with Gasteiger partial charge in [0.2, 0.25) is 0 Å². The lowest BCUT2D eigenvalue weighted by atomic mass is 9.88. The van der Waals surface area contributed by atoms with Gasteiger partial charge in [0.1, 0.15) is 11.5 Å². The summed E-state index contributed by atoms with van der Waals surface area (Å²) in [5.74, 6) is 0.206. The van der Waals surface area contributed by atoms with Crippen molar-refractivity contribution in [3.05, 3.63) is 78.4 Å².